The van der Waals surface area contributed by atoms with E-state index in [0.29, 0.717) is 11.8 Å². The standard InChI is InChI=1S/C18H26O/c1-2-13-6-5-8-15(12-13)18(19)17-11-10-14-7-3-4-9-16(14)17/h3-4,7,9,13,15,17-19H,2,5-6,8,10-12H2,1H3. The molecule has 1 aromatic carbocycles. The summed E-state index contributed by atoms with van der Waals surface area (Å²) in [7, 11) is 0. The normalized spacial score (nSPS) is 32.0. The van der Waals surface area contributed by atoms with Crippen LogP contribution in [0.2, 0.25) is 0 Å². The van der Waals surface area contributed by atoms with Crippen LogP contribution in [0.5, 0.6) is 0 Å². The molecule has 4 unspecified atom stereocenters. The van der Waals surface area contributed by atoms with Gasteiger partial charge in [0, 0.05) is 5.92 Å². The molecule has 0 aliphatic heterocycles. The summed E-state index contributed by atoms with van der Waals surface area (Å²) in [6.07, 6.45) is 8.64. The summed E-state index contributed by atoms with van der Waals surface area (Å²) in [5.41, 5.74) is 2.89. The molecule has 0 amide bonds. The Morgan fingerprint density at radius 1 is 1.21 bits per heavy atom. The van der Waals surface area contributed by atoms with Gasteiger partial charge < -0.3 is 5.11 Å². The van der Waals surface area contributed by atoms with Crippen LogP contribution in [0.25, 0.3) is 0 Å². The fourth-order valence-corrected chi connectivity index (χ4v) is 4.29. The van der Waals surface area contributed by atoms with Crippen LogP contribution < -0.4 is 0 Å². The minimum Gasteiger partial charge on any atom is -0.392 e. The quantitative estimate of drug-likeness (QED) is 0.857. The van der Waals surface area contributed by atoms with E-state index < -0.39 is 0 Å². The van der Waals surface area contributed by atoms with Gasteiger partial charge in [0.05, 0.1) is 6.10 Å². The average Bonchev–Trinajstić information content (AvgIpc) is 2.90. The van der Waals surface area contributed by atoms with Gasteiger partial charge in [-0.25, -0.2) is 0 Å². The Hall–Kier alpha value is -0.820. The van der Waals surface area contributed by atoms with E-state index in [0.717, 1.165) is 18.8 Å². The molecule has 0 aromatic heterocycles. The molecule has 19 heavy (non-hydrogen) atoms. The minimum absolute atomic E-state index is 0.113. The van der Waals surface area contributed by atoms with Crippen LogP contribution in [0.3, 0.4) is 0 Å². The topological polar surface area (TPSA) is 20.2 Å². The summed E-state index contributed by atoms with van der Waals surface area (Å²) in [6.45, 7) is 2.30. The van der Waals surface area contributed by atoms with Crippen LogP contribution in [0, 0.1) is 11.8 Å². The van der Waals surface area contributed by atoms with Gasteiger partial charge >= 0.3 is 0 Å². The van der Waals surface area contributed by atoms with Crippen molar-refractivity contribution in [1.29, 1.82) is 0 Å². The highest BCUT2D eigenvalue weighted by molar-refractivity contribution is 5.35. The zero-order valence-electron chi connectivity index (χ0n) is 12.0. The predicted molar refractivity (Wildman–Crippen MR) is 79.2 cm³/mol. The molecule has 3 rings (SSSR count). The molecule has 1 aromatic rings. The van der Waals surface area contributed by atoms with Crippen molar-refractivity contribution in [3.05, 3.63) is 35.4 Å². The predicted octanol–water partition coefficient (Wildman–Crippen LogP) is 4.29. The van der Waals surface area contributed by atoms with Gasteiger partial charge in [0.2, 0.25) is 0 Å². The Morgan fingerprint density at radius 2 is 2.05 bits per heavy atom. The van der Waals surface area contributed by atoms with Gasteiger partial charge in [-0.2, -0.15) is 0 Å². The largest absolute Gasteiger partial charge is 0.392 e. The first-order valence-corrected chi connectivity index (χ1v) is 8.05. The zero-order chi connectivity index (χ0) is 13.2. The molecule has 1 heteroatoms. The summed E-state index contributed by atoms with van der Waals surface area (Å²) in [4.78, 5) is 0. The SMILES string of the molecule is CCC1CCCC(C(O)C2CCc3ccccc32)C1. The monoisotopic (exact) mass is 258 g/mol. The van der Waals surface area contributed by atoms with E-state index in [1.54, 1.807) is 0 Å². The maximum atomic E-state index is 10.8. The Morgan fingerprint density at radius 3 is 2.89 bits per heavy atom. The number of hydrogen-bond acceptors (Lipinski definition) is 1. The van der Waals surface area contributed by atoms with E-state index in [2.05, 4.69) is 31.2 Å². The third-order valence-electron chi connectivity index (χ3n) is 5.48. The summed E-state index contributed by atoms with van der Waals surface area (Å²) < 4.78 is 0. The highest BCUT2D eigenvalue weighted by Gasteiger charge is 2.35. The molecule has 0 saturated heterocycles. The summed E-state index contributed by atoms with van der Waals surface area (Å²) in [5.74, 6) is 1.79. The van der Waals surface area contributed by atoms with Crippen molar-refractivity contribution < 1.29 is 5.11 Å². The minimum atomic E-state index is -0.113. The van der Waals surface area contributed by atoms with Crippen LogP contribution >= 0.6 is 0 Å². The molecule has 2 aliphatic carbocycles. The fourth-order valence-electron chi connectivity index (χ4n) is 4.29. The molecular formula is C18H26O. The second-order valence-electron chi connectivity index (χ2n) is 6.54. The van der Waals surface area contributed by atoms with Gasteiger partial charge in [-0.05, 0) is 48.6 Å². The van der Waals surface area contributed by atoms with Gasteiger partial charge in [-0.1, -0.05) is 50.5 Å². The first-order chi connectivity index (χ1) is 9.29. The molecule has 0 radical (unpaired) electrons. The second-order valence-corrected chi connectivity index (χ2v) is 6.54. The molecule has 1 N–H and O–H groups in total. The highest BCUT2D eigenvalue weighted by atomic mass is 16.3. The Kier molecular flexibility index (Phi) is 3.93. The van der Waals surface area contributed by atoms with E-state index in [9.17, 15) is 5.11 Å². The molecule has 1 fully saturated rings. The molecule has 1 nitrogen and oxygen atoms in total. The number of hydrogen-bond donors (Lipinski definition) is 1. The van der Waals surface area contributed by atoms with Crippen molar-refractivity contribution in [2.24, 2.45) is 11.8 Å². The molecule has 0 spiro atoms. The highest BCUT2D eigenvalue weighted by Crippen LogP contribution is 2.42. The first kappa shape index (κ1) is 13.2. The van der Waals surface area contributed by atoms with Crippen LogP contribution in [0.15, 0.2) is 24.3 Å². The van der Waals surface area contributed by atoms with Crippen molar-refractivity contribution in [2.75, 3.05) is 0 Å². The third-order valence-corrected chi connectivity index (χ3v) is 5.48. The number of aliphatic hydroxyl groups is 1. The summed E-state index contributed by atoms with van der Waals surface area (Å²) in [5, 5.41) is 10.8. The van der Waals surface area contributed by atoms with Crippen LogP contribution in [0.1, 0.15) is 62.5 Å². The van der Waals surface area contributed by atoms with Gasteiger partial charge in [-0.3, -0.25) is 0 Å². The number of aliphatic hydroxyl groups excluding tert-OH is 1. The van der Waals surface area contributed by atoms with Gasteiger partial charge in [0.15, 0.2) is 0 Å². The van der Waals surface area contributed by atoms with Crippen LogP contribution in [0.4, 0.5) is 0 Å². The Balaban J connectivity index is 1.72. The summed E-state index contributed by atoms with van der Waals surface area (Å²) in [6, 6.07) is 8.72. The Bertz CT molecular complexity index is 425. The number of benzene rings is 1. The molecule has 0 bridgehead atoms. The lowest BCUT2D eigenvalue weighted by Crippen LogP contribution is -2.31. The van der Waals surface area contributed by atoms with E-state index in [1.165, 1.54) is 43.2 Å². The molecule has 1 saturated carbocycles. The van der Waals surface area contributed by atoms with Crippen molar-refractivity contribution in [3.63, 3.8) is 0 Å². The molecule has 104 valence electrons. The van der Waals surface area contributed by atoms with E-state index in [1.807, 2.05) is 0 Å². The maximum absolute atomic E-state index is 10.8. The lowest BCUT2D eigenvalue weighted by atomic mass is 9.74. The van der Waals surface area contributed by atoms with Gasteiger partial charge in [0.1, 0.15) is 0 Å². The van der Waals surface area contributed by atoms with Crippen LogP contribution in [-0.2, 0) is 6.42 Å². The van der Waals surface area contributed by atoms with Crippen LogP contribution in [-0.4, -0.2) is 11.2 Å². The van der Waals surface area contributed by atoms with Gasteiger partial charge in [-0.15, -0.1) is 0 Å². The van der Waals surface area contributed by atoms with E-state index in [-0.39, 0.29) is 6.10 Å². The number of aryl methyl sites for hydroxylation is 1. The molecular weight excluding hydrogens is 232 g/mol. The molecule has 2 aliphatic rings. The van der Waals surface area contributed by atoms with Gasteiger partial charge in [0.25, 0.3) is 0 Å². The molecule has 0 heterocycles. The van der Waals surface area contributed by atoms with Crippen molar-refractivity contribution >= 4 is 0 Å². The molecule has 4 atom stereocenters. The first-order valence-electron chi connectivity index (χ1n) is 8.05. The smallest absolute Gasteiger partial charge is 0.0637 e. The zero-order valence-corrected chi connectivity index (χ0v) is 12.0. The van der Waals surface area contributed by atoms with E-state index >= 15 is 0 Å². The number of rotatable bonds is 3. The summed E-state index contributed by atoms with van der Waals surface area (Å²) >= 11 is 0. The van der Waals surface area contributed by atoms with Crippen molar-refractivity contribution in [3.8, 4) is 0 Å². The average molecular weight is 258 g/mol. The fraction of sp³-hybridized carbons (Fsp3) is 0.667. The maximum Gasteiger partial charge on any atom is 0.0637 e. The third kappa shape index (κ3) is 2.58. The van der Waals surface area contributed by atoms with E-state index in [4.69, 9.17) is 0 Å². The van der Waals surface area contributed by atoms with Crippen molar-refractivity contribution in [1.82, 2.24) is 0 Å². The van der Waals surface area contributed by atoms with Crippen molar-refractivity contribution in [2.45, 2.75) is 63.9 Å². The lowest BCUT2D eigenvalue weighted by molar-refractivity contribution is 0.0466. The second kappa shape index (κ2) is 5.66. The number of fused-ring (bicyclic) bond motifs is 1. The lowest BCUT2D eigenvalue weighted by Gasteiger charge is -2.34. The Labute approximate surface area is 117 Å².